The number of nitrogens with zero attached hydrogens (tertiary/aromatic N) is 4. The van der Waals surface area contributed by atoms with Crippen molar-refractivity contribution in [1.82, 2.24) is 19.9 Å². The molecule has 2 N–H and O–H groups in total. The number of urea groups is 1. The first-order chi connectivity index (χ1) is 14.4. The van der Waals surface area contributed by atoms with Gasteiger partial charge in [0.1, 0.15) is 5.52 Å². The van der Waals surface area contributed by atoms with Gasteiger partial charge in [0.25, 0.3) is 5.56 Å². The lowest BCUT2D eigenvalue weighted by molar-refractivity contribution is 0.246. The summed E-state index contributed by atoms with van der Waals surface area (Å²) in [4.78, 5) is 35.9. The average molecular weight is 427 g/mol. The van der Waals surface area contributed by atoms with Gasteiger partial charge in [0.15, 0.2) is 11.5 Å². The predicted octanol–water partition coefficient (Wildman–Crippen LogP) is 3.08. The molecule has 0 radical (unpaired) electrons. The van der Waals surface area contributed by atoms with Crippen molar-refractivity contribution in [3.63, 3.8) is 0 Å². The Kier molecular flexibility index (Phi) is 5.59. The molecule has 30 heavy (non-hydrogen) atoms. The summed E-state index contributed by atoms with van der Waals surface area (Å²) in [6.45, 7) is 3.13. The van der Waals surface area contributed by atoms with Gasteiger partial charge in [0.2, 0.25) is 0 Å². The molecule has 1 saturated heterocycles. The van der Waals surface area contributed by atoms with Gasteiger partial charge in [-0.05, 0) is 49.6 Å². The first kappa shape index (κ1) is 20.2. The number of anilines is 2. The number of rotatable bonds is 3. The Labute approximate surface area is 178 Å². The summed E-state index contributed by atoms with van der Waals surface area (Å²) in [5.41, 5.74) is 2.61. The highest BCUT2D eigenvalue weighted by molar-refractivity contribution is 6.31. The van der Waals surface area contributed by atoms with Crippen LogP contribution >= 0.6 is 11.6 Å². The number of hydrogen-bond acceptors (Lipinski definition) is 5. The molecule has 0 saturated carbocycles. The minimum atomic E-state index is -0.260. The topological polar surface area (TPSA) is 92.2 Å². The van der Waals surface area contributed by atoms with Crippen molar-refractivity contribution in [1.29, 1.82) is 0 Å². The maximum absolute atomic E-state index is 12.7. The highest BCUT2D eigenvalue weighted by atomic mass is 35.5. The molecule has 1 fully saturated rings. The summed E-state index contributed by atoms with van der Waals surface area (Å²) in [5, 5.41) is 6.48. The monoisotopic (exact) mass is 426 g/mol. The van der Waals surface area contributed by atoms with Gasteiger partial charge in [-0.25, -0.2) is 14.8 Å². The van der Waals surface area contributed by atoms with Gasteiger partial charge >= 0.3 is 6.03 Å². The third kappa shape index (κ3) is 3.95. The number of pyridine rings is 1. The van der Waals surface area contributed by atoms with E-state index in [-0.39, 0.29) is 17.6 Å². The molecule has 2 aromatic heterocycles. The number of nitrogens with one attached hydrogen (secondary N) is 2. The van der Waals surface area contributed by atoms with E-state index in [0.29, 0.717) is 40.8 Å². The molecule has 1 aliphatic rings. The van der Waals surface area contributed by atoms with Gasteiger partial charge in [-0.15, -0.1) is 0 Å². The number of carbonyl (C=O) groups is 1. The number of piperidine rings is 1. The molecule has 0 spiro atoms. The van der Waals surface area contributed by atoms with Crippen molar-refractivity contribution in [2.75, 3.05) is 23.3 Å². The summed E-state index contributed by atoms with van der Waals surface area (Å²) in [5.74, 6) is 0.426. The number of hydrogen-bond donors (Lipinski definition) is 2. The van der Waals surface area contributed by atoms with Crippen LogP contribution in [0, 0.1) is 6.92 Å². The molecule has 1 aromatic carbocycles. The number of amides is 2. The number of fused-ring (bicyclic) bond motifs is 1. The van der Waals surface area contributed by atoms with Crippen molar-refractivity contribution in [2.24, 2.45) is 7.05 Å². The number of carbonyl (C=O) groups excluding carboxylic acids is 1. The van der Waals surface area contributed by atoms with E-state index in [1.54, 1.807) is 31.4 Å². The number of aromatic nitrogens is 3. The zero-order valence-corrected chi connectivity index (χ0v) is 17.6. The van der Waals surface area contributed by atoms with Crippen LogP contribution in [0.5, 0.6) is 0 Å². The summed E-state index contributed by atoms with van der Waals surface area (Å²) in [7, 11) is 1.71. The Bertz CT molecular complexity index is 1150. The number of halogens is 1. The van der Waals surface area contributed by atoms with E-state index in [1.165, 1.54) is 4.57 Å². The molecule has 3 heterocycles. The number of aryl methyl sites for hydroxylation is 1. The van der Waals surface area contributed by atoms with Crippen LogP contribution in [0.15, 0.2) is 41.3 Å². The van der Waals surface area contributed by atoms with Crippen LogP contribution in [0.25, 0.3) is 11.2 Å². The smallest absolute Gasteiger partial charge is 0.319 e. The molecule has 9 heteroatoms. The summed E-state index contributed by atoms with van der Waals surface area (Å²) >= 11 is 6.11. The fourth-order valence-corrected chi connectivity index (χ4v) is 3.85. The molecule has 0 bridgehead atoms. The lowest BCUT2D eigenvalue weighted by Crippen LogP contribution is -2.47. The van der Waals surface area contributed by atoms with Crippen LogP contribution in [-0.2, 0) is 7.05 Å². The Morgan fingerprint density at radius 1 is 1.20 bits per heavy atom. The molecule has 1 aliphatic heterocycles. The normalized spacial score (nSPS) is 14.7. The molecular formula is C21H23ClN6O2. The maximum Gasteiger partial charge on any atom is 0.319 e. The minimum Gasteiger partial charge on any atom is -0.352 e. The lowest BCUT2D eigenvalue weighted by atomic mass is 10.1. The van der Waals surface area contributed by atoms with E-state index in [1.807, 2.05) is 24.0 Å². The third-order valence-electron chi connectivity index (χ3n) is 5.45. The minimum absolute atomic E-state index is 0.0201. The van der Waals surface area contributed by atoms with Crippen LogP contribution in [0.3, 0.4) is 0 Å². The summed E-state index contributed by atoms with van der Waals surface area (Å²) in [6.07, 6.45) is 3.09. The van der Waals surface area contributed by atoms with E-state index in [2.05, 4.69) is 20.6 Å². The molecule has 4 rings (SSSR count). The SMILES string of the molecule is Cc1c(Cl)cccc1NC(=O)NC1CCN(c2nc3cccnc3n(C)c2=O)CC1. The van der Waals surface area contributed by atoms with Crippen LogP contribution in [0.2, 0.25) is 5.02 Å². The van der Waals surface area contributed by atoms with Crippen molar-refractivity contribution >= 4 is 40.3 Å². The molecule has 0 atom stereocenters. The van der Waals surface area contributed by atoms with Crippen molar-refractivity contribution in [2.45, 2.75) is 25.8 Å². The van der Waals surface area contributed by atoms with E-state index < -0.39 is 0 Å². The van der Waals surface area contributed by atoms with E-state index in [9.17, 15) is 9.59 Å². The lowest BCUT2D eigenvalue weighted by Gasteiger charge is -2.33. The quantitative estimate of drug-likeness (QED) is 0.671. The van der Waals surface area contributed by atoms with Gasteiger partial charge in [-0.2, -0.15) is 0 Å². The molecule has 2 amide bonds. The molecule has 156 valence electrons. The van der Waals surface area contributed by atoms with Gasteiger partial charge in [0.05, 0.1) is 0 Å². The fourth-order valence-electron chi connectivity index (χ4n) is 3.67. The first-order valence-electron chi connectivity index (χ1n) is 9.83. The fraction of sp³-hybridized carbons (Fsp3) is 0.333. The van der Waals surface area contributed by atoms with E-state index in [0.717, 1.165) is 18.4 Å². The van der Waals surface area contributed by atoms with Crippen LogP contribution in [-0.4, -0.2) is 39.7 Å². The highest BCUT2D eigenvalue weighted by Crippen LogP contribution is 2.23. The Balaban J connectivity index is 1.40. The van der Waals surface area contributed by atoms with Crippen molar-refractivity contribution in [3.8, 4) is 0 Å². The maximum atomic E-state index is 12.7. The zero-order valence-electron chi connectivity index (χ0n) is 16.9. The molecule has 8 nitrogen and oxygen atoms in total. The summed E-state index contributed by atoms with van der Waals surface area (Å²) < 4.78 is 1.53. The predicted molar refractivity (Wildman–Crippen MR) is 118 cm³/mol. The van der Waals surface area contributed by atoms with E-state index >= 15 is 0 Å². The largest absolute Gasteiger partial charge is 0.352 e. The van der Waals surface area contributed by atoms with E-state index in [4.69, 9.17) is 11.6 Å². The molecular weight excluding hydrogens is 404 g/mol. The average Bonchev–Trinajstić information content (AvgIpc) is 2.75. The Morgan fingerprint density at radius 2 is 1.97 bits per heavy atom. The Morgan fingerprint density at radius 3 is 2.73 bits per heavy atom. The van der Waals surface area contributed by atoms with Gasteiger partial charge in [-0.3, -0.25) is 9.36 Å². The molecule has 3 aromatic rings. The van der Waals surface area contributed by atoms with Crippen molar-refractivity contribution in [3.05, 3.63) is 57.5 Å². The van der Waals surface area contributed by atoms with Gasteiger partial charge in [0, 0.05) is 43.1 Å². The second-order valence-corrected chi connectivity index (χ2v) is 7.83. The standard InChI is InChI=1S/C21H23ClN6O2/c1-13-15(22)5-3-6-16(13)26-21(30)24-14-8-11-28(12-9-14)19-20(29)27(2)18-17(25-19)7-4-10-23-18/h3-7,10,14H,8-9,11-12H2,1-2H3,(H2,24,26,30). The molecule has 0 aliphatic carbocycles. The summed E-state index contributed by atoms with van der Waals surface area (Å²) in [6, 6.07) is 8.82. The zero-order chi connectivity index (χ0) is 21.3. The first-order valence-corrected chi connectivity index (χ1v) is 10.2. The van der Waals surface area contributed by atoms with Crippen LogP contribution in [0.1, 0.15) is 18.4 Å². The number of benzene rings is 1. The second-order valence-electron chi connectivity index (χ2n) is 7.42. The van der Waals surface area contributed by atoms with Crippen molar-refractivity contribution < 1.29 is 4.79 Å². The van der Waals surface area contributed by atoms with Gasteiger partial charge in [-0.1, -0.05) is 17.7 Å². The highest BCUT2D eigenvalue weighted by Gasteiger charge is 2.24. The van der Waals surface area contributed by atoms with Crippen LogP contribution in [0.4, 0.5) is 16.3 Å². The molecule has 0 unspecified atom stereocenters. The second kappa shape index (κ2) is 8.31. The third-order valence-corrected chi connectivity index (χ3v) is 5.86. The Hall–Kier alpha value is -3.13. The van der Waals surface area contributed by atoms with Crippen LogP contribution < -0.4 is 21.1 Å². The van der Waals surface area contributed by atoms with Gasteiger partial charge < -0.3 is 15.5 Å².